The van der Waals surface area contributed by atoms with Gasteiger partial charge in [-0.15, -0.1) is 24.0 Å². The first kappa shape index (κ1) is 25.7. The predicted octanol–water partition coefficient (Wildman–Crippen LogP) is 2.86. The first-order chi connectivity index (χ1) is 14.6. The Morgan fingerprint density at radius 1 is 1.13 bits per heavy atom. The molecule has 2 aliphatic rings. The van der Waals surface area contributed by atoms with Crippen LogP contribution in [0.4, 0.5) is 5.69 Å². The number of piperidine rings is 2. The minimum absolute atomic E-state index is 0. The van der Waals surface area contributed by atoms with Gasteiger partial charge in [0.05, 0.1) is 19.6 Å². The number of likely N-dealkylation sites (tertiary alicyclic amines) is 1. The van der Waals surface area contributed by atoms with E-state index in [0.29, 0.717) is 19.1 Å². The molecule has 1 aromatic carbocycles. The summed E-state index contributed by atoms with van der Waals surface area (Å²) < 4.78 is 4.88. The fourth-order valence-corrected chi connectivity index (χ4v) is 4.27. The molecule has 2 fully saturated rings. The number of aliphatic hydroxyl groups is 1. The van der Waals surface area contributed by atoms with E-state index >= 15 is 0 Å². The van der Waals surface area contributed by atoms with E-state index in [1.807, 2.05) is 0 Å². The number of carbonyl (C=O) groups is 1. The number of aliphatic imine (C=N–C) groups is 1. The maximum atomic E-state index is 11.8. The van der Waals surface area contributed by atoms with E-state index in [1.165, 1.54) is 18.4 Å². The molecule has 174 valence electrons. The number of aliphatic hydroxyl groups excluding tert-OH is 1. The van der Waals surface area contributed by atoms with Crippen LogP contribution in [-0.4, -0.2) is 68.4 Å². The van der Waals surface area contributed by atoms with Gasteiger partial charge in [-0.25, -0.2) is 4.99 Å². The van der Waals surface area contributed by atoms with Gasteiger partial charge in [0.2, 0.25) is 0 Å². The number of guanidine groups is 1. The summed E-state index contributed by atoms with van der Waals surface area (Å²) in [5.74, 6) is 1.27. The van der Waals surface area contributed by atoms with Gasteiger partial charge in [-0.3, -0.25) is 4.79 Å². The molecular formula is C23H37IN4O3. The lowest BCUT2D eigenvalue weighted by molar-refractivity contribution is -0.146. The number of rotatable bonds is 6. The van der Waals surface area contributed by atoms with Crippen LogP contribution >= 0.6 is 24.0 Å². The summed E-state index contributed by atoms with van der Waals surface area (Å²) in [5, 5.41) is 12.7. The lowest BCUT2D eigenvalue weighted by Crippen LogP contribution is -2.46. The molecule has 7 nitrogen and oxygen atoms in total. The number of methoxy groups -OCH3 is 1. The van der Waals surface area contributed by atoms with E-state index < -0.39 is 0 Å². The number of hydrogen-bond acceptors (Lipinski definition) is 5. The Labute approximate surface area is 203 Å². The Bertz CT molecular complexity index is 697. The van der Waals surface area contributed by atoms with Crippen molar-refractivity contribution in [1.82, 2.24) is 10.2 Å². The van der Waals surface area contributed by atoms with E-state index in [2.05, 4.69) is 46.3 Å². The number of anilines is 1. The molecule has 0 spiro atoms. The quantitative estimate of drug-likeness (QED) is 0.248. The lowest BCUT2D eigenvalue weighted by atomic mass is 9.97. The van der Waals surface area contributed by atoms with Crippen LogP contribution in [0, 0.1) is 11.8 Å². The third-order valence-corrected chi connectivity index (χ3v) is 6.25. The molecule has 2 N–H and O–H groups in total. The van der Waals surface area contributed by atoms with E-state index in [4.69, 9.17) is 9.73 Å². The number of benzene rings is 1. The van der Waals surface area contributed by atoms with Crippen molar-refractivity contribution >= 4 is 41.6 Å². The molecule has 31 heavy (non-hydrogen) atoms. The average Bonchev–Trinajstić information content (AvgIpc) is 2.82. The van der Waals surface area contributed by atoms with Crippen molar-refractivity contribution < 1.29 is 14.6 Å². The first-order valence-electron chi connectivity index (χ1n) is 11.2. The van der Waals surface area contributed by atoms with Crippen molar-refractivity contribution in [3.8, 4) is 0 Å². The van der Waals surface area contributed by atoms with Crippen LogP contribution in [0.25, 0.3) is 0 Å². The zero-order valence-electron chi connectivity index (χ0n) is 18.8. The van der Waals surface area contributed by atoms with Crippen molar-refractivity contribution in [1.29, 1.82) is 0 Å². The Kier molecular flexibility index (Phi) is 10.9. The first-order valence-corrected chi connectivity index (χ1v) is 11.2. The van der Waals surface area contributed by atoms with Gasteiger partial charge in [-0.1, -0.05) is 12.1 Å². The number of ether oxygens (including phenoxy) is 1. The van der Waals surface area contributed by atoms with Crippen LogP contribution in [0.2, 0.25) is 0 Å². The zero-order chi connectivity index (χ0) is 21.3. The summed E-state index contributed by atoms with van der Waals surface area (Å²) in [6.07, 6.45) is 3.72. The summed E-state index contributed by atoms with van der Waals surface area (Å²) in [4.78, 5) is 21.2. The second-order valence-corrected chi connectivity index (χ2v) is 8.23. The molecule has 2 aliphatic heterocycles. The summed E-state index contributed by atoms with van der Waals surface area (Å²) >= 11 is 0. The molecule has 0 unspecified atom stereocenters. The van der Waals surface area contributed by atoms with Crippen molar-refractivity contribution in [2.24, 2.45) is 16.8 Å². The average molecular weight is 544 g/mol. The fourth-order valence-electron chi connectivity index (χ4n) is 4.27. The molecule has 0 aliphatic carbocycles. The normalized spacial score (nSPS) is 18.5. The fraction of sp³-hybridized carbons (Fsp3) is 0.652. The molecule has 8 heteroatoms. The maximum Gasteiger partial charge on any atom is 0.308 e. The Hall–Kier alpha value is -1.55. The molecule has 0 aromatic heterocycles. The third-order valence-electron chi connectivity index (χ3n) is 6.25. The molecule has 0 atom stereocenters. The predicted molar refractivity (Wildman–Crippen MR) is 135 cm³/mol. The van der Waals surface area contributed by atoms with E-state index in [9.17, 15) is 9.90 Å². The Morgan fingerprint density at radius 2 is 1.77 bits per heavy atom. The number of halogens is 1. The highest BCUT2D eigenvalue weighted by Gasteiger charge is 2.27. The smallest absolute Gasteiger partial charge is 0.308 e. The summed E-state index contributed by atoms with van der Waals surface area (Å²) in [5.41, 5.74) is 2.43. The highest BCUT2D eigenvalue weighted by Crippen LogP contribution is 2.24. The molecule has 0 bridgehead atoms. The monoisotopic (exact) mass is 544 g/mol. The molecule has 0 saturated carbocycles. The van der Waals surface area contributed by atoms with Crippen LogP contribution in [-0.2, 0) is 16.1 Å². The van der Waals surface area contributed by atoms with E-state index in [-0.39, 0.29) is 35.9 Å². The Morgan fingerprint density at radius 3 is 2.32 bits per heavy atom. The van der Waals surface area contributed by atoms with Crippen LogP contribution < -0.4 is 10.2 Å². The summed E-state index contributed by atoms with van der Waals surface area (Å²) in [6.45, 7) is 7.47. The van der Waals surface area contributed by atoms with Gasteiger partial charge in [0, 0.05) is 45.0 Å². The van der Waals surface area contributed by atoms with Crippen molar-refractivity contribution in [2.45, 2.75) is 39.2 Å². The molecule has 0 amide bonds. The van der Waals surface area contributed by atoms with Crippen molar-refractivity contribution in [3.63, 3.8) is 0 Å². The number of carbonyl (C=O) groups excluding carboxylic acids is 1. The van der Waals surface area contributed by atoms with E-state index in [1.54, 1.807) is 0 Å². The van der Waals surface area contributed by atoms with Gasteiger partial charge < -0.3 is 25.0 Å². The van der Waals surface area contributed by atoms with Crippen LogP contribution in [0.5, 0.6) is 0 Å². The van der Waals surface area contributed by atoms with Gasteiger partial charge in [-0.2, -0.15) is 0 Å². The van der Waals surface area contributed by atoms with Crippen molar-refractivity contribution in [2.75, 3.05) is 51.3 Å². The molecule has 1 aromatic rings. The van der Waals surface area contributed by atoms with Gasteiger partial charge in [0.25, 0.3) is 0 Å². The number of hydrogen-bond donors (Lipinski definition) is 2. The second-order valence-electron chi connectivity index (χ2n) is 8.23. The van der Waals surface area contributed by atoms with Gasteiger partial charge in [0.15, 0.2) is 5.96 Å². The topological polar surface area (TPSA) is 77.4 Å². The summed E-state index contributed by atoms with van der Waals surface area (Å²) in [7, 11) is 1.46. The molecular weight excluding hydrogens is 507 g/mol. The maximum absolute atomic E-state index is 11.8. The third kappa shape index (κ3) is 7.24. The van der Waals surface area contributed by atoms with Crippen LogP contribution in [0.15, 0.2) is 29.3 Å². The molecule has 2 heterocycles. The minimum atomic E-state index is -0.0998. The lowest BCUT2D eigenvalue weighted by Gasteiger charge is -2.33. The highest BCUT2D eigenvalue weighted by atomic mass is 127. The van der Waals surface area contributed by atoms with Crippen LogP contribution in [0.1, 0.15) is 38.2 Å². The summed E-state index contributed by atoms with van der Waals surface area (Å²) in [6, 6.07) is 8.67. The zero-order valence-corrected chi connectivity index (χ0v) is 21.1. The molecule has 0 radical (unpaired) electrons. The van der Waals surface area contributed by atoms with E-state index in [0.717, 1.165) is 64.4 Å². The largest absolute Gasteiger partial charge is 0.469 e. The Balaban J connectivity index is 0.00000341. The van der Waals surface area contributed by atoms with Gasteiger partial charge in [0.1, 0.15) is 0 Å². The standard InChI is InChI=1S/C23H36N4O3.HI/c1-3-24-23(27-14-10-20(11-15-27)22(29)30-2)25-16-18-4-6-21(7-5-18)26-12-8-19(17-28)9-13-26;/h4-7,19-20,28H,3,8-17H2,1-2H3,(H,24,25);1H. The van der Waals surface area contributed by atoms with Gasteiger partial charge >= 0.3 is 5.97 Å². The SMILES string of the molecule is CCNC(=NCc1ccc(N2CCC(CO)CC2)cc1)N1CCC(C(=O)OC)CC1.I. The van der Waals surface area contributed by atoms with Gasteiger partial charge in [-0.05, 0) is 56.2 Å². The molecule has 3 rings (SSSR count). The van der Waals surface area contributed by atoms with Crippen LogP contribution in [0.3, 0.4) is 0 Å². The minimum Gasteiger partial charge on any atom is -0.469 e. The number of esters is 1. The number of nitrogens with one attached hydrogen (secondary N) is 1. The highest BCUT2D eigenvalue weighted by molar-refractivity contribution is 14.0. The molecule has 2 saturated heterocycles. The second kappa shape index (κ2) is 13.1. The number of nitrogens with zero attached hydrogens (tertiary/aromatic N) is 3. The van der Waals surface area contributed by atoms with Crippen molar-refractivity contribution in [3.05, 3.63) is 29.8 Å².